The molecule has 2 aliphatic carbocycles. The Balaban J connectivity index is 1.39. The van der Waals surface area contributed by atoms with E-state index in [9.17, 15) is 4.79 Å². The molecule has 2 aromatic rings. The molecule has 1 heterocycles. The van der Waals surface area contributed by atoms with Crippen LogP contribution in [-0.2, 0) is 10.2 Å². The topological polar surface area (TPSA) is 50.8 Å². The van der Waals surface area contributed by atoms with Gasteiger partial charge in [-0.3, -0.25) is 9.69 Å². The number of Topliss-reactive ketones (excluding diaryl/α,β-unsaturated/α-hetero) is 1. The fourth-order valence-corrected chi connectivity index (χ4v) is 5.69. The number of ketones is 1. The molecule has 2 bridgehead atoms. The lowest BCUT2D eigenvalue weighted by atomic mass is 9.58. The summed E-state index contributed by atoms with van der Waals surface area (Å²) in [5.74, 6) is 2.23. The van der Waals surface area contributed by atoms with Crippen molar-refractivity contribution in [3.63, 3.8) is 0 Å². The zero-order valence-corrected chi connectivity index (χ0v) is 20.1. The van der Waals surface area contributed by atoms with Crippen LogP contribution in [-0.4, -0.2) is 49.6 Å². The Hall–Kier alpha value is -2.37. The quantitative estimate of drug-likeness (QED) is 0.519. The van der Waals surface area contributed by atoms with E-state index in [1.807, 2.05) is 43.3 Å². The number of nitrogens with zero attached hydrogens (tertiary/aromatic N) is 1. The molecule has 0 spiro atoms. The molecule has 2 aromatic carbocycles. The number of carbonyl (C=O) groups excluding carboxylic acids is 1. The van der Waals surface area contributed by atoms with Gasteiger partial charge in [-0.15, -0.1) is 0 Å². The largest absolute Gasteiger partial charge is 0.489 e. The van der Waals surface area contributed by atoms with E-state index in [4.69, 9.17) is 9.47 Å². The summed E-state index contributed by atoms with van der Waals surface area (Å²) in [5, 5.41) is 3.54. The van der Waals surface area contributed by atoms with Crippen LogP contribution in [0.5, 0.6) is 5.75 Å². The van der Waals surface area contributed by atoms with Gasteiger partial charge in [-0.25, -0.2) is 0 Å². The number of rotatable bonds is 9. The lowest BCUT2D eigenvalue weighted by Gasteiger charge is -2.53. The second-order valence-electron chi connectivity index (χ2n) is 10.1. The first-order valence-corrected chi connectivity index (χ1v) is 12.5. The lowest BCUT2D eigenvalue weighted by Crippen LogP contribution is -2.61. The van der Waals surface area contributed by atoms with Gasteiger partial charge in [0.05, 0.1) is 18.3 Å². The van der Waals surface area contributed by atoms with Gasteiger partial charge >= 0.3 is 0 Å². The monoisotopic (exact) mass is 448 g/mol. The predicted molar refractivity (Wildman–Crippen MR) is 132 cm³/mol. The molecule has 1 saturated carbocycles. The maximum Gasteiger partial charge on any atom is 0.180 e. The Labute approximate surface area is 197 Å². The molecule has 1 aliphatic heterocycles. The normalized spacial score (nSPS) is 26.7. The zero-order chi connectivity index (χ0) is 23.0. The van der Waals surface area contributed by atoms with Crippen molar-refractivity contribution in [2.75, 3.05) is 38.2 Å². The van der Waals surface area contributed by atoms with Gasteiger partial charge in [-0.2, -0.15) is 0 Å². The number of ether oxygens (including phenoxy) is 2. The summed E-state index contributed by atoms with van der Waals surface area (Å²) in [6, 6.07) is 14.3. The smallest absolute Gasteiger partial charge is 0.180 e. The van der Waals surface area contributed by atoms with Gasteiger partial charge in [-0.05, 0) is 85.9 Å². The number of hydrogen-bond acceptors (Lipinski definition) is 5. The number of piperidine rings is 1. The van der Waals surface area contributed by atoms with Crippen LogP contribution in [0.25, 0.3) is 0 Å². The molecular formula is C28H36N2O3. The number of hydrogen-bond donors (Lipinski definition) is 1. The van der Waals surface area contributed by atoms with Crippen molar-refractivity contribution < 1.29 is 14.3 Å². The molecule has 3 aliphatic rings. The van der Waals surface area contributed by atoms with Gasteiger partial charge in [0.25, 0.3) is 0 Å². The predicted octanol–water partition coefficient (Wildman–Crippen LogP) is 5.42. The molecule has 3 atom stereocenters. The first-order valence-electron chi connectivity index (χ1n) is 12.5. The standard InChI is InChI=1S/C28H36N2O3/c1-4-32-15-16-33-25-8-6-5-7-24(25)29-21-11-12-22-23(17-21)28(3)13-14-30(18-20-9-10-20)26(19(28)2)27(22)31/h5-8,11-12,17,19-20,26,29H,4,9-10,13-16,18H2,1-3H3/t19-,26?,28+/m0/s1. The van der Waals surface area contributed by atoms with Crippen molar-refractivity contribution in [3.8, 4) is 5.75 Å². The maximum atomic E-state index is 13.6. The third-order valence-corrected chi connectivity index (χ3v) is 8.00. The highest BCUT2D eigenvalue weighted by Crippen LogP contribution is 2.50. The molecule has 2 fully saturated rings. The van der Waals surface area contributed by atoms with Crippen LogP contribution >= 0.6 is 0 Å². The van der Waals surface area contributed by atoms with Crippen LogP contribution in [0.2, 0.25) is 0 Å². The molecule has 0 amide bonds. The maximum absolute atomic E-state index is 13.6. The van der Waals surface area contributed by atoms with Crippen molar-refractivity contribution in [1.82, 2.24) is 4.90 Å². The highest BCUT2D eigenvalue weighted by Gasteiger charge is 2.52. The van der Waals surface area contributed by atoms with Gasteiger partial charge in [0.15, 0.2) is 5.78 Å². The molecule has 5 heteroatoms. The number of fused-ring (bicyclic) bond motifs is 4. The second-order valence-corrected chi connectivity index (χ2v) is 10.1. The molecule has 5 rings (SSSR count). The average molecular weight is 449 g/mol. The third-order valence-electron chi connectivity index (χ3n) is 8.00. The number of nitrogens with one attached hydrogen (secondary N) is 1. The number of carbonyl (C=O) groups is 1. The molecule has 0 aromatic heterocycles. The Morgan fingerprint density at radius 2 is 1.97 bits per heavy atom. The lowest BCUT2D eigenvalue weighted by molar-refractivity contribution is 0.0266. The van der Waals surface area contributed by atoms with Crippen molar-refractivity contribution in [2.45, 2.75) is 51.5 Å². The third kappa shape index (κ3) is 4.29. The molecule has 1 unspecified atom stereocenters. The summed E-state index contributed by atoms with van der Waals surface area (Å²) >= 11 is 0. The summed E-state index contributed by atoms with van der Waals surface area (Å²) in [5.41, 5.74) is 4.04. The van der Waals surface area contributed by atoms with E-state index >= 15 is 0 Å². The number of para-hydroxylation sites is 2. The van der Waals surface area contributed by atoms with Crippen LogP contribution < -0.4 is 10.1 Å². The first-order chi connectivity index (χ1) is 16.0. The minimum atomic E-state index is 0.0131. The molecule has 33 heavy (non-hydrogen) atoms. The SMILES string of the molecule is CCOCCOc1ccccc1Nc1ccc2c(c1)[C@]1(C)CCN(CC3CC3)C(C2=O)[C@@H]1C. The summed E-state index contributed by atoms with van der Waals surface area (Å²) < 4.78 is 11.3. The minimum absolute atomic E-state index is 0.0131. The Morgan fingerprint density at radius 1 is 1.15 bits per heavy atom. The summed E-state index contributed by atoms with van der Waals surface area (Å²) in [7, 11) is 0. The Kier molecular flexibility index (Phi) is 6.19. The molecule has 1 N–H and O–H groups in total. The van der Waals surface area contributed by atoms with Gasteiger partial charge in [0, 0.05) is 24.4 Å². The van der Waals surface area contributed by atoms with Crippen LogP contribution in [0.3, 0.4) is 0 Å². The highest BCUT2D eigenvalue weighted by molar-refractivity contribution is 6.04. The van der Waals surface area contributed by atoms with E-state index in [1.54, 1.807) is 0 Å². The molecule has 1 saturated heterocycles. The van der Waals surface area contributed by atoms with E-state index in [0.29, 0.717) is 31.5 Å². The van der Waals surface area contributed by atoms with Gasteiger partial charge in [0.2, 0.25) is 0 Å². The van der Waals surface area contributed by atoms with Crippen molar-refractivity contribution in [3.05, 3.63) is 53.6 Å². The van der Waals surface area contributed by atoms with Crippen molar-refractivity contribution >= 4 is 17.2 Å². The van der Waals surface area contributed by atoms with Crippen molar-refractivity contribution in [1.29, 1.82) is 0 Å². The van der Waals surface area contributed by atoms with Crippen LogP contribution in [0.4, 0.5) is 11.4 Å². The van der Waals surface area contributed by atoms with E-state index < -0.39 is 0 Å². The minimum Gasteiger partial charge on any atom is -0.489 e. The first kappa shape index (κ1) is 22.4. The van der Waals surface area contributed by atoms with E-state index in [0.717, 1.165) is 48.1 Å². The Morgan fingerprint density at radius 3 is 2.76 bits per heavy atom. The molecular weight excluding hydrogens is 412 g/mol. The van der Waals surface area contributed by atoms with E-state index in [2.05, 4.69) is 30.1 Å². The van der Waals surface area contributed by atoms with Gasteiger partial charge < -0.3 is 14.8 Å². The van der Waals surface area contributed by atoms with Crippen LogP contribution in [0.15, 0.2) is 42.5 Å². The van der Waals surface area contributed by atoms with Crippen LogP contribution in [0, 0.1) is 11.8 Å². The number of anilines is 2. The van der Waals surface area contributed by atoms with Gasteiger partial charge in [0.1, 0.15) is 12.4 Å². The van der Waals surface area contributed by atoms with Gasteiger partial charge in [-0.1, -0.05) is 26.0 Å². The number of likely N-dealkylation sites (tertiary alicyclic amines) is 1. The molecule has 0 radical (unpaired) electrons. The Bertz CT molecular complexity index is 1020. The fraction of sp³-hybridized carbons (Fsp3) is 0.536. The molecule has 176 valence electrons. The number of benzene rings is 2. The van der Waals surface area contributed by atoms with Crippen LogP contribution in [0.1, 0.15) is 56.0 Å². The fourth-order valence-electron chi connectivity index (χ4n) is 5.69. The highest BCUT2D eigenvalue weighted by atomic mass is 16.5. The van der Waals surface area contributed by atoms with Crippen molar-refractivity contribution in [2.24, 2.45) is 11.8 Å². The summed E-state index contributed by atoms with van der Waals surface area (Å²) in [6.07, 6.45) is 3.75. The van der Waals surface area contributed by atoms with E-state index in [-0.39, 0.29) is 11.5 Å². The van der Waals surface area contributed by atoms with E-state index in [1.165, 1.54) is 18.4 Å². The average Bonchev–Trinajstić information content (AvgIpc) is 3.63. The summed E-state index contributed by atoms with van der Waals surface area (Å²) in [4.78, 5) is 16.1. The summed E-state index contributed by atoms with van der Waals surface area (Å²) in [6.45, 7) is 10.5. The second kappa shape index (κ2) is 9.11. The molecule has 5 nitrogen and oxygen atoms in total. The zero-order valence-electron chi connectivity index (χ0n) is 20.1.